The normalized spacial score (nSPS) is 9.93. The van der Waals surface area contributed by atoms with Gasteiger partial charge in [-0.3, -0.25) is 0 Å². The van der Waals surface area contributed by atoms with Gasteiger partial charge in [0.2, 0.25) is 0 Å². The topological polar surface area (TPSA) is 54.1 Å². The second-order valence-corrected chi connectivity index (χ2v) is 3.14. The predicted octanol–water partition coefficient (Wildman–Crippen LogP) is 1.47. The Hall–Kier alpha value is -1.55. The lowest BCUT2D eigenvalue weighted by Gasteiger charge is -2.00. The van der Waals surface area contributed by atoms with Gasteiger partial charge in [0, 0.05) is 12.2 Å². The van der Waals surface area contributed by atoms with Crippen molar-refractivity contribution in [1.29, 1.82) is 0 Å². The average molecular weight is 208 g/mol. The predicted molar refractivity (Wildman–Crippen MR) is 58.7 cm³/mol. The first-order chi connectivity index (χ1) is 7.27. The summed E-state index contributed by atoms with van der Waals surface area (Å²) in [5.74, 6) is -0.340. The van der Waals surface area contributed by atoms with Crippen molar-refractivity contribution in [3.05, 3.63) is 36.2 Å². The molecule has 4 heteroatoms. The standard InChI is InChI=1S/C11H16N2O2/c1-3-4-7-12-8-9-5-6-10(13-9)11(14)15-2/h3,5-6,12-13H,1,4,7-8H2,2H3. The molecule has 1 aromatic heterocycles. The second kappa shape index (κ2) is 6.03. The van der Waals surface area contributed by atoms with E-state index >= 15 is 0 Å². The minimum Gasteiger partial charge on any atom is -0.464 e. The van der Waals surface area contributed by atoms with Gasteiger partial charge in [0.25, 0.3) is 0 Å². The van der Waals surface area contributed by atoms with Crippen LogP contribution in [0.2, 0.25) is 0 Å². The largest absolute Gasteiger partial charge is 0.464 e. The second-order valence-electron chi connectivity index (χ2n) is 3.14. The van der Waals surface area contributed by atoms with Crippen LogP contribution in [-0.2, 0) is 11.3 Å². The zero-order chi connectivity index (χ0) is 11.1. The molecule has 0 spiro atoms. The Balaban J connectivity index is 2.39. The first-order valence-electron chi connectivity index (χ1n) is 4.85. The molecule has 0 radical (unpaired) electrons. The third kappa shape index (κ3) is 3.59. The Bertz CT molecular complexity index is 331. The molecule has 2 N–H and O–H groups in total. The van der Waals surface area contributed by atoms with E-state index in [1.54, 1.807) is 6.07 Å². The summed E-state index contributed by atoms with van der Waals surface area (Å²) in [5, 5.41) is 3.22. The molecule has 0 saturated heterocycles. The third-order valence-corrected chi connectivity index (χ3v) is 1.99. The monoisotopic (exact) mass is 208 g/mol. The molecule has 0 atom stereocenters. The molecule has 1 aromatic rings. The Morgan fingerprint density at radius 3 is 3.13 bits per heavy atom. The Labute approximate surface area is 89.3 Å². The number of aromatic nitrogens is 1. The van der Waals surface area contributed by atoms with Crippen LogP contribution in [0.4, 0.5) is 0 Å². The molecule has 0 amide bonds. The minimum atomic E-state index is -0.340. The zero-order valence-corrected chi connectivity index (χ0v) is 8.88. The Morgan fingerprint density at radius 1 is 1.67 bits per heavy atom. The molecule has 1 rings (SSSR count). The molecule has 1 heterocycles. The van der Waals surface area contributed by atoms with E-state index < -0.39 is 0 Å². The van der Waals surface area contributed by atoms with E-state index in [2.05, 4.69) is 21.6 Å². The van der Waals surface area contributed by atoms with Gasteiger partial charge >= 0.3 is 5.97 Å². The van der Waals surface area contributed by atoms with Gasteiger partial charge in [0.1, 0.15) is 5.69 Å². The summed E-state index contributed by atoms with van der Waals surface area (Å²) in [6.45, 7) is 5.23. The summed E-state index contributed by atoms with van der Waals surface area (Å²) in [6.07, 6.45) is 2.80. The maximum atomic E-state index is 11.1. The fourth-order valence-corrected chi connectivity index (χ4v) is 1.20. The van der Waals surface area contributed by atoms with Crippen molar-refractivity contribution in [2.45, 2.75) is 13.0 Å². The first-order valence-corrected chi connectivity index (χ1v) is 4.85. The lowest BCUT2D eigenvalue weighted by molar-refractivity contribution is 0.0594. The molecular formula is C11H16N2O2. The quantitative estimate of drug-likeness (QED) is 0.423. The third-order valence-electron chi connectivity index (χ3n) is 1.99. The van der Waals surface area contributed by atoms with Crippen LogP contribution >= 0.6 is 0 Å². The van der Waals surface area contributed by atoms with Crippen LogP contribution in [0.1, 0.15) is 22.6 Å². The number of esters is 1. The summed E-state index contributed by atoms with van der Waals surface area (Å²) in [5.41, 5.74) is 1.46. The molecule has 0 aliphatic rings. The summed E-state index contributed by atoms with van der Waals surface area (Å²) >= 11 is 0. The number of methoxy groups -OCH3 is 1. The number of hydrogen-bond donors (Lipinski definition) is 2. The van der Waals surface area contributed by atoms with Crippen LogP contribution in [0.25, 0.3) is 0 Å². The van der Waals surface area contributed by atoms with Gasteiger partial charge in [-0.25, -0.2) is 4.79 Å². The van der Waals surface area contributed by atoms with Gasteiger partial charge in [0.05, 0.1) is 7.11 Å². The fourth-order valence-electron chi connectivity index (χ4n) is 1.20. The van der Waals surface area contributed by atoms with Gasteiger partial charge < -0.3 is 15.0 Å². The zero-order valence-electron chi connectivity index (χ0n) is 8.88. The van der Waals surface area contributed by atoms with Gasteiger partial charge in [-0.15, -0.1) is 6.58 Å². The van der Waals surface area contributed by atoms with Gasteiger partial charge in [-0.2, -0.15) is 0 Å². The van der Waals surface area contributed by atoms with Crippen molar-refractivity contribution >= 4 is 5.97 Å². The number of H-pyrrole nitrogens is 1. The smallest absolute Gasteiger partial charge is 0.354 e. The molecule has 4 nitrogen and oxygen atoms in total. The molecule has 0 bridgehead atoms. The van der Waals surface area contributed by atoms with Crippen molar-refractivity contribution in [2.24, 2.45) is 0 Å². The van der Waals surface area contributed by atoms with Gasteiger partial charge in [0.15, 0.2) is 0 Å². The van der Waals surface area contributed by atoms with E-state index in [1.807, 2.05) is 12.1 Å². The van der Waals surface area contributed by atoms with Crippen molar-refractivity contribution < 1.29 is 9.53 Å². The van der Waals surface area contributed by atoms with Crippen molar-refractivity contribution in [2.75, 3.05) is 13.7 Å². The minimum absolute atomic E-state index is 0.340. The van der Waals surface area contributed by atoms with Crippen molar-refractivity contribution in [3.8, 4) is 0 Å². The highest BCUT2D eigenvalue weighted by molar-refractivity contribution is 5.87. The van der Waals surface area contributed by atoms with E-state index in [0.29, 0.717) is 12.2 Å². The highest BCUT2D eigenvalue weighted by Gasteiger charge is 2.06. The molecule has 0 saturated carbocycles. The van der Waals surface area contributed by atoms with Crippen molar-refractivity contribution in [3.63, 3.8) is 0 Å². The lowest BCUT2D eigenvalue weighted by Crippen LogP contribution is -2.14. The molecular weight excluding hydrogens is 192 g/mol. The van der Waals surface area contributed by atoms with E-state index in [-0.39, 0.29) is 5.97 Å². The van der Waals surface area contributed by atoms with E-state index in [1.165, 1.54) is 7.11 Å². The Morgan fingerprint density at radius 2 is 2.47 bits per heavy atom. The lowest BCUT2D eigenvalue weighted by atomic mass is 10.4. The fraction of sp³-hybridized carbons (Fsp3) is 0.364. The van der Waals surface area contributed by atoms with E-state index in [4.69, 9.17) is 0 Å². The highest BCUT2D eigenvalue weighted by Crippen LogP contribution is 2.02. The van der Waals surface area contributed by atoms with Gasteiger partial charge in [-0.1, -0.05) is 6.08 Å². The van der Waals surface area contributed by atoms with Crippen LogP contribution in [-0.4, -0.2) is 24.6 Å². The average Bonchev–Trinajstić information content (AvgIpc) is 2.72. The summed E-state index contributed by atoms with van der Waals surface area (Å²) in [7, 11) is 1.37. The van der Waals surface area contributed by atoms with Crippen LogP contribution < -0.4 is 5.32 Å². The maximum absolute atomic E-state index is 11.1. The molecule has 0 aliphatic carbocycles. The number of ether oxygens (including phenoxy) is 1. The maximum Gasteiger partial charge on any atom is 0.354 e. The molecule has 15 heavy (non-hydrogen) atoms. The molecule has 0 aliphatic heterocycles. The molecule has 0 aromatic carbocycles. The summed E-state index contributed by atoms with van der Waals surface area (Å²) < 4.78 is 4.59. The van der Waals surface area contributed by atoms with E-state index in [0.717, 1.165) is 18.7 Å². The number of aromatic amines is 1. The van der Waals surface area contributed by atoms with Crippen LogP contribution in [0, 0.1) is 0 Å². The number of nitrogens with one attached hydrogen (secondary N) is 2. The van der Waals surface area contributed by atoms with Crippen LogP contribution in [0.3, 0.4) is 0 Å². The number of hydrogen-bond acceptors (Lipinski definition) is 3. The number of carbonyl (C=O) groups is 1. The Kier molecular flexibility index (Phi) is 4.63. The highest BCUT2D eigenvalue weighted by atomic mass is 16.5. The molecule has 82 valence electrons. The summed E-state index contributed by atoms with van der Waals surface area (Å²) in [6, 6.07) is 3.59. The first kappa shape index (κ1) is 11.5. The van der Waals surface area contributed by atoms with Crippen LogP contribution in [0.5, 0.6) is 0 Å². The number of rotatable bonds is 6. The van der Waals surface area contributed by atoms with Crippen LogP contribution in [0.15, 0.2) is 24.8 Å². The molecule has 0 unspecified atom stereocenters. The molecule has 0 fully saturated rings. The van der Waals surface area contributed by atoms with Crippen molar-refractivity contribution in [1.82, 2.24) is 10.3 Å². The number of carbonyl (C=O) groups excluding carboxylic acids is 1. The SMILES string of the molecule is C=CCCNCc1ccc(C(=O)OC)[nH]1. The summed E-state index contributed by atoms with van der Waals surface area (Å²) in [4.78, 5) is 14.1. The van der Waals surface area contributed by atoms with E-state index in [9.17, 15) is 4.79 Å². The van der Waals surface area contributed by atoms with Gasteiger partial charge in [-0.05, 0) is 25.1 Å².